The van der Waals surface area contributed by atoms with Gasteiger partial charge in [0.1, 0.15) is 22.7 Å². The van der Waals surface area contributed by atoms with Gasteiger partial charge < -0.3 is 18.8 Å². The highest BCUT2D eigenvalue weighted by atomic mass is 16.5. The van der Waals surface area contributed by atoms with Gasteiger partial charge in [-0.05, 0) is 30.9 Å². The fourth-order valence-electron chi connectivity index (χ4n) is 4.42. The second kappa shape index (κ2) is 6.94. The summed E-state index contributed by atoms with van der Waals surface area (Å²) in [5, 5.41) is 1.06. The van der Waals surface area contributed by atoms with Crippen LogP contribution in [0.15, 0.2) is 34.4 Å². The fourth-order valence-corrected chi connectivity index (χ4v) is 4.42. The lowest BCUT2D eigenvalue weighted by Crippen LogP contribution is -2.50. The molecule has 0 N–H and O–H groups in total. The van der Waals surface area contributed by atoms with Crippen molar-refractivity contribution < 1.29 is 23.5 Å². The number of carbonyl (C=O) groups excluding carboxylic acids is 2. The summed E-state index contributed by atoms with van der Waals surface area (Å²) >= 11 is 0. The van der Waals surface area contributed by atoms with Crippen molar-refractivity contribution in [1.29, 1.82) is 0 Å². The number of Topliss-reactive ketones (excluding diaryl/α,β-unsaturated/α-hetero) is 1. The molecule has 0 saturated carbocycles. The summed E-state index contributed by atoms with van der Waals surface area (Å²) in [7, 11) is 1.63. The molecular formula is C23H27NO5. The van der Waals surface area contributed by atoms with Crippen LogP contribution in [0.25, 0.3) is 11.0 Å². The van der Waals surface area contributed by atoms with E-state index in [4.69, 9.17) is 13.9 Å². The van der Waals surface area contributed by atoms with Crippen molar-refractivity contribution in [2.24, 2.45) is 5.41 Å². The Kier molecular flexibility index (Phi) is 4.68. The van der Waals surface area contributed by atoms with E-state index in [9.17, 15) is 9.59 Å². The number of carbonyl (C=O) groups is 2. The van der Waals surface area contributed by atoms with Gasteiger partial charge in [-0.2, -0.15) is 0 Å². The van der Waals surface area contributed by atoms with E-state index in [1.54, 1.807) is 20.2 Å². The number of hydrogen-bond acceptors (Lipinski definition) is 6. The minimum absolute atomic E-state index is 0.0668. The Bertz CT molecular complexity index is 1010. The van der Waals surface area contributed by atoms with Crippen LogP contribution < -0.4 is 4.74 Å². The number of rotatable bonds is 3. The van der Waals surface area contributed by atoms with E-state index in [1.165, 1.54) is 0 Å². The number of furan rings is 1. The van der Waals surface area contributed by atoms with Gasteiger partial charge in [0.05, 0.1) is 19.8 Å². The highest BCUT2D eigenvalue weighted by Gasteiger charge is 2.45. The van der Waals surface area contributed by atoms with E-state index < -0.39 is 5.97 Å². The zero-order valence-electron chi connectivity index (χ0n) is 17.6. The molecule has 0 aliphatic carbocycles. The van der Waals surface area contributed by atoms with Crippen LogP contribution in [-0.2, 0) is 20.7 Å². The summed E-state index contributed by atoms with van der Waals surface area (Å²) in [6, 6.07) is 5.72. The van der Waals surface area contributed by atoms with Gasteiger partial charge in [-0.25, -0.2) is 4.79 Å². The normalized spacial score (nSPS) is 21.5. The van der Waals surface area contributed by atoms with Gasteiger partial charge in [-0.15, -0.1) is 0 Å². The topological polar surface area (TPSA) is 69.0 Å². The Balaban J connectivity index is 1.86. The predicted octanol–water partition coefficient (Wildman–Crippen LogP) is 4.18. The molecule has 2 aromatic rings. The van der Waals surface area contributed by atoms with Crippen molar-refractivity contribution in [3.05, 3.63) is 41.3 Å². The molecular weight excluding hydrogens is 370 g/mol. The molecule has 1 aromatic heterocycles. The van der Waals surface area contributed by atoms with Crippen LogP contribution in [0.4, 0.5) is 0 Å². The van der Waals surface area contributed by atoms with Gasteiger partial charge in [-0.1, -0.05) is 20.8 Å². The second-order valence-corrected chi connectivity index (χ2v) is 8.75. The van der Waals surface area contributed by atoms with Gasteiger partial charge in [0.2, 0.25) is 0 Å². The molecule has 0 saturated heterocycles. The zero-order valence-corrected chi connectivity index (χ0v) is 17.6. The number of benzene rings is 1. The molecule has 29 heavy (non-hydrogen) atoms. The number of ether oxygens (including phenoxy) is 2. The smallest absolute Gasteiger partial charge is 0.343 e. The molecule has 6 nitrogen and oxygen atoms in total. The minimum atomic E-state index is -0.552. The van der Waals surface area contributed by atoms with Gasteiger partial charge in [-0.3, -0.25) is 4.79 Å². The Morgan fingerprint density at radius 3 is 2.69 bits per heavy atom. The number of fused-ring (bicyclic) bond motifs is 5. The minimum Gasteiger partial charge on any atom is -0.497 e. The average Bonchev–Trinajstić information content (AvgIpc) is 3.04. The van der Waals surface area contributed by atoms with Crippen LogP contribution in [-0.4, -0.2) is 36.4 Å². The average molecular weight is 397 g/mol. The first-order valence-electron chi connectivity index (χ1n) is 10.0. The maximum atomic E-state index is 12.8. The Hall–Kier alpha value is -2.76. The number of methoxy groups -OCH3 is 1. The lowest BCUT2D eigenvalue weighted by Gasteiger charge is -2.48. The molecule has 2 atom stereocenters. The van der Waals surface area contributed by atoms with Crippen LogP contribution in [0.3, 0.4) is 0 Å². The summed E-state index contributed by atoms with van der Waals surface area (Å²) in [6.45, 7) is 8.52. The lowest BCUT2D eigenvalue weighted by atomic mass is 9.76. The number of esters is 1. The van der Waals surface area contributed by atoms with Crippen LogP contribution in [0, 0.1) is 5.41 Å². The Morgan fingerprint density at radius 1 is 1.28 bits per heavy atom. The molecule has 2 aliphatic heterocycles. The van der Waals surface area contributed by atoms with E-state index in [2.05, 4.69) is 25.7 Å². The van der Waals surface area contributed by atoms with Crippen molar-refractivity contribution in [3.63, 3.8) is 0 Å². The molecule has 4 rings (SSSR count). The van der Waals surface area contributed by atoms with E-state index in [0.717, 1.165) is 34.5 Å². The first-order valence-corrected chi connectivity index (χ1v) is 10.0. The van der Waals surface area contributed by atoms with E-state index in [0.29, 0.717) is 0 Å². The van der Waals surface area contributed by atoms with Crippen LogP contribution in [0.5, 0.6) is 5.75 Å². The highest BCUT2D eigenvalue weighted by Crippen LogP contribution is 2.47. The van der Waals surface area contributed by atoms with Crippen molar-refractivity contribution >= 4 is 22.7 Å². The lowest BCUT2D eigenvalue weighted by molar-refractivity contribution is -0.141. The standard InChI is InChI=1S/C23H27NO5/c1-6-28-22(26)16-12-24-17(11-18(16)25)21-15(10-20(24)23(2,3)4)14-8-7-13(27-5)9-19(14)29-21/h7-9,12,17,20H,6,10-11H2,1-5H3/t17?,20-/m0/s1. The molecule has 3 heterocycles. The third-order valence-electron chi connectivity index (χ3n) is 5.90. The molecule has 1 aromatic carbocycles. The van der Waals surface area contributed by atoms with Gasteiger partial charge >= 0.3 is 5.97 Å². The van der Waals surface area contributed by atoms with Crippen molar-refractivity contribution in [1.82, 2.24) is 4.90 Å². The summed E-state index contributed by atoms with van der Waals surface area (Å²) in [5.41, 5.74) is 1.96. The molecule has 1 unspecified atom stereocenters. The summed E-state index contributed by atoms with van der Waals surface area (Å²) in [6.07, 6.45) is 2.66. The van der Waals surface area contributed by atoms with Crippen LogP contribution in [0.2, 0.25) is 0 Å². The van der Waals surface area contributed by atoms with Gasteiger partial charge in [0.25, 0.3) is 0 Å². The number of nitrogens with zero attached hydrogens (tertiary/aromatic N) is 1. The first kappa shape index (κ1) is 19.6. The Labute approximate surface area is 170 Å². The SMILES string of the molecule is CCOC(=O)C1=CN2C(CC1=O)c1oc3cc(OC)ccc3c1C[C@H]2C(C)(C)C. The van der Waals surface area contributed by atoms with Crippen LogP contribution in [0.1, 0.15) is 51.5 Å². The molecule has 0 fully saturated rings. The fraction of sp³-hybridized carbons (Fsp3) is 0.478. The molecule has 154 valence electrons. The summed E-state index contributed by atoms with van der Waals surface area (Å²) < 4.78 is 16.7. The quantitative estimate of drug-likeness (QED) is 0.572. The largest absolute Gasteiger partial charge is 0.497 e. The predicted molar refractivity (Wildman–Crippen MR) is 109 cm³/mol. The van der Waals surface area contributed by atoms with Gasteiger partial charge in [0, 0.05) is 35.7 Å². The number of ketones is 1. The summed E-state index contributed by atoms with van der Waals surface area (Å²) in [4.78, 5) is 27.2. The molecule has 2 aliphatic rings. The first-order chi connectivity index (χ1) is 13.7. The van der Waals surface area contributed by atoms with E-state index in [-0.39, 0.29) is 41.9 Å². The molecule has 0 bridgehead atoms. The van der Waals surface area contributed by atoms with E-state index in [1.807, 2.05) is 18.2 Å². The summed E-state index contributed by atoms with van der Waals surface area (Å²) in [5.74, 6) is 0.783. The van der Waals surface area contributed by atoms with E-state index >= 15 is 0 Å². The van der Waals surface area contributed by atoms with Crippen LogP contribution >= 0.6 is 0 Å². The maximum Gasteiger partial charge on any atom is 0.343 e. The van der Waals surface area contributed by atoms with Crippen molar-refractivity contribution in [3.8, 4) is 5.75 Å². The third kappa shape index (κ3) is 3.20. The zero-order chi connectivity index (χ0) is 20.9. The molecule has 0 spiro atoms. The molecule has 0 amide bonds. The monoisotopic (exact) mass is 397 g/mol. The van der Waals surface area contributed by atoms with Crippen molar-refractivity contribution in [2.75, 3.05) is 13.7 Å². The maximum absolute atomic E-state index is 12.8. The second-order valence-electron chi connectivity index (χ2n) is 8.75. The van der Waals surface area contributed by atoms with Crippen molar-refractivity contribution in [2.45, 2.75) is 52.6 Å². The third-order valence-corrected chi connectivity index (χ3v) is 5.90. The number of hydrogen-bond donors (Lipinski definition) is 0. The highest BCUT2D eigenvalue weighted by molar-refractivity contribution is 6.17. The molecule has 6 heteroatoms. The molecule has 0 radical (unpaired) electrons. The Morgan fingerprint density at radius 2 is 2.03 bits per heavy atom. The van der Waals surface area contributed by atoms with Gasteiger partial charge in [0.15, 0.2) is 5.78 Å².